The Morgan fingerprint density at radius 1 is 1.56 bits per heavy atom. The summed E-state index contributed by atoms with van der Waals surface area (Å²) in [5, 5.41) is 8.88. The van der Waals surface area contributed by atoms with Crippen LogP contribution in [0.2, 0.25) is 0 Å². The number of aliphatic hydroxyl groups excluding tert-OH is 1. The third-order valence-electron chi connectivity index (χ3n) is 1.21. The van der Waals surface area contributed by atoms with Gasteiger partial charge in [0.1, 0.15) is 0 Å². The first kappa shape index (κ1) is 8.52. The molecular formula is C8H14O. The fraction of sp³-hybridized carbons (Fsp3) is 0.750. The Hall–Kier alpha value is -0.480. The largest absolute Gasteiger partial charge is 0.393 e. The van der Waals surface area contributed by atoms with Gasteiger partial charge >= 0.3 is 0 Å². The van der Waals surface area contributed by atoms with Crippen LogP contribution in [0.15, 0.2) is 0 Å². The zero-order chi connectivity index (χ0) is 7.28. The molecule has 0 rings (SSSR count). The molecule has 0 aliphatic carbocycles. The lowest BCUT2D eigenvalue weighted by atomic mass is 10.0. The molecule has 0 bridgehead atoms. The molecule has 1 heteroatoms. The van der Waals surface area contributed by atoms with E-state index in [1.165, 1.54) is 0 Å². The van der Waals surface area contributed by atoms with E-state index in [4.69, 9.17) is 11.5 Å². The van der Waals surface area contributed by atoms with Crippen LogP contribution in [-0.4, -0.2) is 11.2 Å². The van der Waals surface area contributed by atoms with Gasteiger partial charge in [-0.25, -0.2) is 0 Å². The third kappa shape index (κ3) is 5.39. The number of terminal acetylenes is 1. The van der Waals surface area contributed by atoms with Crippen LogP contribution in [-0.2, 0) is 0 Å². The van der Waals surface area contributed by atoms with Gasteiger partial charge in [0.05, 0.1) is 6.10 Å². The standard InChI is InChI=1S/C8H14O/c1-4-5-7(2)6-8(3)9/h1,7-9H,5-6H2,2-3H3. The highest BCUT2D eigenvalue weighted by Gasteiger charge is 2.02. The van der Waals surface area contributed by atoms with E-state index in [1.54, 1.807) is 6.92 Å². The van der Waals surface area contributed by atoms with Gasteiger partial charge in [0.2, 0.25) is 0 Å². The zero-order valence-electron chi connectivity index (χ0n) is 6.09. The maximum atomic E-state index is 8.88. The number of rotatable bonds is 3. The number of aliphatic hydroxyl groups is 1. The summed E-state index contributed by atoms with van der Waals surface area (Å²) in [5.41, 5.74) is 0. The van der Waals surface area contributed by atoms with Gasteiger partial charge in [-0.3, -0.25) is 0 Å². The summed E-state index contributed by atoms with van der Waals surface area (Å²) in [5.74, 6) is 3.02. The molecule has 0 saturated heterocycles. The van der Waals surface area contributed by atoms with Crippen molar-refractivity contribution in [2.75, 3.05) is 0 Å². The quantitative estimate of drug-likeness (QED) is 0.567. The molecule has 52 valence electrons. The van der Waals surface area contributed by atoms with E-state index in [2.05, 4.69) is 5.92 Å². The van der Waals surface area contributed by atoms with E-state index < -0.39 is 0 Å². The molecule has 0 aliphatic rings. The van der Waals surface area contributed by atoms with Gasteiger partial charge in [-0.15, -0.1) is 12.3 Å². The average molecular weight is 126 g/mol. The Labute approximate surface area is 57.1 Å². The molecule has 0 radical (unpaired) electrons. The molecule has 0 spiro atoms. The van der Waals surface area contributed by atoms with Crippen LogP contribution in [0.1, 0.15) is 26.7 Å². The van der Waals surface area contributed by atoms with Crippen LogP contribution >= 0.6 is 0 Å². The second-order valence-electron chi connectivity index (χ2n) is 2.60. The molecule has 1 N–H and O–H groups in total. The first-order valence-corrected chi connectivity index (χ1v) is 3.28. The van der Waals surface area contributed by atoms with E-state index in [-0.39, 0.29) is 6.10 Å². The summed E-state index contributed by atoms with van der Waals surface area (Å²) in [6, 6.07) is 0. The molecule has 0 aliphatic heterocycles. The minimum atomic E-state index is -0.214. The fourth-order valence-electron chi connectivity index (χ4n) is 0.867. The van der Waals surface area contributed by atoms with Crippen molar-refractivity contribution in [3.63, 3.8) is 0 Å². The predicted octanol–water partition coefficient (Wildman–Crippen LogP) is 1.42. The van der Waals surface area contributed by atoms with Crippen molar-refractivity contribution in [2.24, 2.45) is 5.92 Å². The van der Waals surface area contributed by atoms with Crippen molar-refractivity contribution in [1.29, 1.82) is 0 Å². The van der Waals surface area contributed by atoms with Crippen LogP contribution in [0, 0.1) is 18.3 Å². The molecule has 0 fully saturated rings. The number of hydrogen-bond acceptors (Lipinski definition) is 1. The van der Waals surface area contributed by atoms with Gasteiger partial charge in [0, 0.05) is 6.42 Å². The Balaban J connectivity index is 3.29. The molecule has 0 aromatic carbocycles. The third-order valence-corrected chi connectivity index (χ3v) is 1.21. The second-order valence-corrected chi connectivity index (χ2v) is 2.60. The molecule has 0 aromatic heterocycles. The van der Waals surface area contributed by atoms with Crippen LogP contribution in [0.25, 0.3) is 0 Å². The van der Waals surface area contributed by atoms with Crippen LogP contribution in [0.4, 0.5) is 0 Å². The lowest BCUT2D eigenvalue weighted by Crippen LogP contribution is -2.05. The Morgan fingerprint density at radius 2 is 2.11 bits per heavy atom. The van der Waals surface area contributed by atoms with E-state index in [0.29, 0.717) is 5.92 Å². The normalized spacial score (nSPS) is 16.2. The van der Waals surface area contributed by atoms with Crippen LogP contribution < -0.4 is 0 Å². The van der Waals surface area contributed by atoms with E-state index >= 15 is 0 Å². The highest BCUT2D eigenvalue weighted by atomic mass is 16.3. The van der Waals surface area contributed by atoms with Crippen molar-refractivity contribution in [1.82, 2.24) is 0 Å². The van der Waals surface area contributed by atoms with Gasteiger partial charge in [0.15, 0.2) is 0 Å². The van der Waals surface area contributed by atoms with Crippen molar-refractivity contribution < 1.29 is 5.11 Å². The van der Waals surface area contributed by atoms with Crippen LogP contribution in [0.5, 0.6) is 0 Å². The summed E-state index contributed by atoms with van der Waals surface area (Å²) in [6.45, 7) is 3.83. The minimum absolute atomic E-state index is 0.214. The lowest BCUT2D eigenvalue weighted by molar-refractivity contribution is 0.165. The van der Waals surface area contributed by atoms with Crippen molar-refractivity contribution in [2.45, 2.75) is 32.8 Å². The van der Waals surface area contributed by atoms with Gasteiger partial charge in [-0.1, -0.05) is 6.92 Å². The summed E-state index contributed by atoms with van der Waals surface area (Å²) in [4.78, 5) is 0. The second kappa shape index (κ2) is 4.40. The Morgan fingerprint density at radius 3 is 2.44 bits per heavy atom. The van der Waals surface area contributed by atoms with Crippen LogP contribution in [0.3, 0.4) is 0 Å². The smallest absolute Gasteiger partial charge is 0.0515 e. The summed E-state index contributed by atoms with van der Waals surface area (Å²) >= 11 is 0. The molecule has 0 amide bonds. The first-order valence-electron chi connectivity index (χ1n) is 3.28. The van der Waals surface area contributed by atoms with Crippen molar-refractivity contribution in [3.05, 3.63) is 0 Å². The predicted molar refractivity (Wildman–Crippen MR) is 38.9 cm³/mol. The summed E-state index contributed by atoms with van der Waals surface area (Å²) in [6.07, 6.45) is 6.44. The van der Waals surface area contributed by atoms with Crippen molar-refractivity contribution in [3.8, 4) is 12.3 Å². The highest BCUT2D eigenvalue weighted by Crippen LogP contribution is 2.08. The van der Waals surface area contributed by atoms with Gasteiger partial charge in [0.25, 0.3) is 0 Å². The molecule has 9 heavy (non-hydrogen) atoms. The molecule has 2 atom stereocenters. The first-order chi connectivity index (χ1) is 4.16. The molecule has 0 saturated carbocycles. The molecule has 2 unspecified atom stereocenters. The zero-order valence-corrected chi connectivity index (χ0v) is 6.09. The highest BCUT2D eigenvalue weighted by molar-refractivity contribution is 4.85. The van der Waals surface area contributed by atoms with E-state index in [9.17, 15) is 0 Å². The topological polar surface area (TPSA) is 20.2 Å². The van der Waals surface area contributed by atoms with E-state index in [1.807, 2.05) is 6.92 Å². The van der Waals surface area contributed by atoms with E-state index in [0.717, 1.165) is 12.8 Å². The monoisotopic (exact) mass is 126 g/mol. The van der Waals surface area contributed by atoms with Gasteiger partial charge in [-0.05, 0) is 19.3 Å². The lowest BCUT2D eigenvalue weighted by Gasteiger charge is -2.08. The average Bonchev–Trinajstić information content (AvgIpc) is 1.63. The van der Waals surface area contributed by atoms with Gasteiger partial charge in [-0.2, -0.15) is 0 Å². The summed E-state index contributed by atoms with van der Waals surface area (Å²) < 4.78 is 0. The Kier molecular flexibility index (Phi) is 4.17. The molecular weight excluding hydrogens is 112 g/mol. The molecule has 0 aromatic rings. The SMILES string of the molecule is C#CCC(C)CC(C)O. The maximum absolute atomic E-state index is 8.88. The molecule has 0 heterocycles. The summed E-state index contributed by atoms with van der Waals surface area (Å²) in [7, 11) is 0. The maximum Gasteiger partial charge on any atom is 0.0515 e. The fourth-order valence-corrected chi connectivity index (χ4v) is 0.867. The Bertz CT molecular complexity index is 99.6. The number of hydrogen-bond donors (Lipinski definition) is 1. The van der Waals surface area contributed by atoms with Crippen molar-refractivity contribution >= 4 is 0 Å². The molecule has 1 nitrogen and oxygen atoms in total. The van der Waals surface area contributed by atoms with Gasteiger partial charge < -0.3 is 5.11 Å². The minimum Gasteiger partial charge on any atom is -0.393 e.